The summed E-state index contributed by atoms with van der Waals surface area (Å²) in [6.07, 6.45) is 1.63. The fourth-order valence-corrected chi connectivity index (χ4v) is 4.94. The molecule has 134 valence electrons. The van der Waals surface area contributed by atoms with Crippen molar-refractivity contribution in [2.45, 2.75) is 38.8 Å². The first kappa shape index (κ1) is 17.0. The van der Waals surface area contributed by atoms with Crippen molar-refractivity contribution < 1.29 is 14.4 Å². The molecule has 6 heteroatoms. The van der Waals surface area contributed by atoms with Crippen LogP contribution >= 0.6 is 11.3 Å². The van der Waals surface area contributed by atoms with Crippen molar-refractivity contribution in [2.75, 3.05) is 6.54 Å². The Hall–Kier alpha value is -2.47. The lowest BCUT2D eigenvalue weighted by atomic mass is 9.97. The number of carbonyl (C=O) groups is 3. The summed E-state index contributed by atoms with van der Waals surface area (Å²) < 4.78 is 0. The second-order valence-corrected chi connectivity index (χ2v) is 7.71. The van der Waals surface area contributed by atoms with E-state index < -0.39 is 6.04 Å². The van der Waals surface area contributed by atoms with Gasteiger partial charge in [-0.3, -0.25) is 19.3 Å². The van der Waals surface area contributed by atoms with Gasteiger partial charge in [0.1, 0.15) is 6.04 Å². The third-order valence-electron chi connectivity index (χ3n) is 5.33. The first-order chi connectivity index (χ1) is 12.5. The van der Waals surface area contributed by atoms with Gasteiger partial charge in [0.2, 0.25) is 5.91 Å². The van der Waals surface area contributed by atoms with Gasteiger partial charge < -0.3 is 4.90 Å². The number of hydrogen-bond donors (Lipinski definition) is 0. The summed E-state index contributed by atoms with van der Waals surface area (Å²) in [4.78, 5) is 42.9. The van der Waals surface area contributed by atoms with E-state index in [1.165, 1.54) is 10.4 Å². The van der Waals surface area contributed by atoms with Crippen molar-refractivity contribution in [3.8, 4) is 0 Å². The molecule has 26 heavy (non-hydrogen) atoms. The normalized spacial score (nSPS) is 20.2. The number of amides is 3. The molecule has 1 aromatic heterocycles. The second-order valence-electron chi connectivity index (χ2n) is 6.71. The minimum atomic E-state index is -0.809. The van der Waals surface area contributed by atoms with E-state index >= 15 is 0 Å². The maximum Gasteiger partial charge on any atom is 0.262 e. The molecule has 0 fully saturated rings. The molecule has 5 nitrogen and oxygen atoms in total. The monoisotopic (exact) mass is 368 g/mol. The number of rotatable bonds is 3. The summed E-state index contributed by atoms with van der Waals surface area (Å²) in [5.41, 5.74) is 1.96. The fourth-order valence-electron chi connectivity index (χ4n) is 4.01. The molecule has 0 saturated heterocycles. The van der Waals surface area contributed by atoms with Gasteiger partial charge in [0, 0.05) is 11.4 Å². The number of imide groups is 1. The number of thiophene rings is 1. The van der Waals surface area contributed by atoms with Gasteiger partial charge >= 0.3 is 0 Å². The minimum Gasteiger partial charge on any atom is -0.333 e. The first-order valence-electron chi connectivity index (χ1n) is 8.88. The maximum atomic E-state index is 13.2. The minimum absolute atomic E-state index is 0.00938. The van der Waals surface area contributed by atoms with Crippen molar-refractivity contribution in [2.24, 2.45) is 0 Å². The highest BCUT2D eigenvalue weighted by Gasteiger charge is 2.43. The third kappa shape index (κ3) is 2.40. The van der Waals surface area contributed by atoms with E-state index in [2.05, 4.69) is 18.4 Å². The van der Waals surface area contributed by atoms with Crippen LogP contribution in [0.3, 0.4) is 0 Å². The van der Waals surface area contributed by atoms with Gasteiger partial charge in [-0.15, -0.1) is 11.3 Å². The van der Waals surface area contributed by atoms with Crippen LogP contribution in [0.15, 0.2) is 35.7 Å². The predicted octanol–water partition coefficient (Wildman–Crippen LogP) is 3.27. The average molecular weight is 368 g/mol. The van der Waals surface area contributed by atoms with E-state index in [4.69, 9.17) is 0 Å². The van der Waals surface area contributed by atoms with Crippen LogP contribution < -0.4 is 0 Å². The number of hydrogen-bond acceptors (Lipinski definition) is 4. The molecule has 0 aliphatic carbocycles. The molecule has 1 aromatic carbocycles. The maximum absolute atomic E-state index is 13.2. The number of fused-ring (bicyclic) bond motifs is 2. The average Bonchev–Trinajstić information content (AvgIpc) is 3.23. The number of benzene rings is 1. The zero-order valence-electron chi connectivity index (χ0n) is 14.8. The predicted molar refractivity (Wildman–Crippen MR) is 99.2 cm³/mol. The molecule has 0 spiro atoms. The van der Waals surface area contributed by atoms with Gasteiger partial charge in [0.25, 0.3) is 11.8 Å². The van der Waals surface area contributed by atoms with E-state index in [0.29, 0.717) is 17.7 Å². The van der Waals surface area contributed by atoms with Crippen molar-refractivity contribution in [3.05, 3.63) is 57.3 Å². The van der Waals surface area contributed by atoms with E-state index in [1.807, 2.05) is 4.90 Å². The summed E-state index contributed by atoms with van der Waals surface area (Å²) in [5, 5.41) is 2.06. The lowest BCUT2D eigenvalue weighted by molar-refractivity contribution is -0.138. The molecule has 4 rings (SSSR count). The smallest absolute Gasteiger partial charge is 0.262 e. The molecule has 2 aromatic rings. The zero-order chi connectivity index (χ0) is 18.4. The molecular weight excluding hydrogens is 348 g/mol. The number of nitrogens with zero attached hydrogens (tertiary/aromatic N) is 2. The van der Waals surface area contributed by atoms with Crippen LogP contribution in [0, 0.1) is 0 Å². The Labute approximate surface area is 156 Å². The Bertz CT molecular complexity index is 869. The van der Waals surface area contributed by atoms with Crippen LogP contribution in [0.2, 0.25) is 0 Å². The van der Waals surface area contributed by atoms with Crippen LogP contribution in [0.1, 0.15) is 57.5 Å². The van der Waals surface area contributed by atoms with Crippen LogP contribution in [0.4, 0.5) is 0 Å². The van der Waals surface area contributed by atoms with E-state index in [9.17, 15) is 14.4 Å². The quantitative estimate of drug-likeness (QED) is 0.782. The summed E-state index contributed by atoms with van der Waals surface area (Å²) in [6.45, 7) is 4.34. The van der Waals surface area contributed by atoms with E-state index in [1.54, 1.807) is 42.5 Å². The van der Waals surface area contributed by atoms with E-state index in [0.717, 1.165) is 17.7 Å². The molecule has 2 atom stereocenters. The molecule has 3 heterocycles. The van der Waals surface area contributed by atoms with E-state index in [-0.39, 0.29) is 23.8 Å². The summed E-state index contributed by atoms with van der Waals surface area (Å²) in [6, 6.07) is 8.03. The molecular formula is C20H20N2O3S. The molecule has 0 saturated carbocycles. The van der Waals surface area contributed by atoms with Crippen molar-refractivity contribution in [3.63, 3.8) is 0 Å². The molecule has 3 amide bonds. The van der Waals surface area contributed by atoms with Crippen LogP contribution in [0.5, 0.6) is 0 Å². The van der Waals surface area contributed by atoms with Gasteiger partial charge in [0.15, 0.2) is 0 Å². The van der Waals surface area contributed by atoms with Gasteiger partial charge in [0.05, 0.1) is 17.2 Å². The molecule has 2 aliphatic heterocycles. The standard InChI is InChI=1S/C20H20N2O3S/c1-3-16-15-9-11-26-17(15)8-10-21(16)18(23)12(2)22-19(24)13-6-4-5-7-14(13)20(22)25/h4-7,9,11-12,16H,3,8,10H2,1-2H3. The van der Waals surface area contributed by atoms with Crippen LogP contribution in [-0.4, -0.2) is 40.1 Å². The topological polar surface area (TPSA) is 57.7 Å². The highest BCUT2D eigenvalue weighted by atomic mass is 32.1. The van der Waals surface area contributed by atoms with Gasteiger partial charge in [-0.25, -0.2) is 0 Å². The van der Waals surface area contributed by atoms with Crippen molar-refractivity contribution >= 4 is 29.1 Å². The summed E-state index contributed by atoms with van der Waals surface area (Å²) >= 11 is 1.73. The SMILES string of the molecule is CCC1c2ccsc2CCN1C(=O)C(C)N1C(=O)c2ccccc2C1=O. The largest absolute Gasteiger partial charge is 0.333 e. The van der Waals surface area contributed by atoms with Crippen LogP contribution in [-0.2, 0) is 11.2 Å². The second kappa shape index (κ2) is 6.36. The number of carbonyl (C=O) groups excluding carboxylic acids is 3. The molecule has 2 unspecified atom stereocenters. The third-order valence-corrected chi connectivity index (χ3v) is 6.33. The molecule has 2 aliphatic rings. The Morgan fingerprint density at radius 3 is 2.46 bits per heavy atom. The molecule has 0 bridgehead atoms. The highest BCUT2D eigenvalue weighted by Crippen LogP contribution is 2.36. The lowest BCUT2D eigenvalue weighted by Crippen LogP contribution is -2.51. The Balaban J connectivity index is 1.61. The van der Waals surface area contributed by atoms with Gasteiger partial charge in [-0.1, -0.05) is 19.1 Å². The van der Waals surface area contributed by atoms with Gasteiger partial charge in [-0.2, -0.15) is 0 Å². The molecule has 0 N–H and O–H groups in total. The van der Waals surface area contributed by atoms with Crippen LogP contribution in [0.25, 0.3) is 0 Å². The van der Waals surface area contributed by atoms with Crippen molar-refractivity contribution in [1.82, 2.24) is 9.80 Å². The zero-order valence-corrected chi connectivity index (χ0v) is 15.6. The van der Waals surface area contributed by atoms with Crippen molar-refractivity contribution in [1.29, 1.82) is 0 Å². The Morgan fingerprint density at radius 2 is 1.85 bits per heavy atom. The summed E-state index contributed by atoms with van der Waals surface area (Å²) in [5.74, 6) is -0.927. The Morgan fingerprint density at radius 1 is 1.19 bits per heavy atom. The molecule has 0 radical (unpaired) electrons. The lowest BCUT2D eigenvalue weighted by Gasteiger charge is -2.38. The highest BCUT2D eigenvalue weighted by molar-refractivity contribution is 7.10. The Kier molecular flexibility index (Phi) is 4.15. The van der Waals surface area contributed by atoms with Gasteiger partial charge in [-0.05, 0) is 48.9 Å². The fraction of sp³-hybridized carbons (Fsp3) is 0.350. The summed E-state index contributed by atoms with van der Waals surface area (Å²) in [7, 11) is 0. The first-order valence-corrected chi connectivity index (χ1v) is 9.76.